The van der Waals surface area contributed by atoms with Crippen LogP contribution >= 0.6 is 0 Å². The molecule has 0 atom stereocenters. The van der Waals surface area contributed by atoms with Crippen LogP contribution in [0, 0.1) is 6.92 Å². The van der Waals surface area contributed by atoms with Gasteiger partial charge in [0.2, 0.25) is 5.91 Å². The van der Waals surface area contributed by atoms with Crippen molar-refractivity contribution in [1.82, 2.24) is 0 Å². The first kappa shape index (κ1) is 18.8. The van der Waals surface area contributed by atoms with E-state index in [0.29, 0.717) is 0 Å². The minimum atomic E-state index is -0.0743. The highest BCUT2D eigenvalue weighted by Crippen LogP contribution is 2.16. The highest BCUT2D eigenvalue weighted by atomic mass is 16.5. The quantitative estimate of drug-likeness (QED) is 0.598. The maximum absolute atomic E-state index is 12.0. The van der Waals surface area contributed by atoms with Gasteiger partial charge in [0.15, 0.2) is 0 Å². The van der Waals surface area contributed by atoms with E-state index >= 15 is 0 Å². The molecule has 0 bridgehead atoms. The van der Waals surface area contributed by atoms with Gasteiger partial charge in [-0.3, -0.25) is 4.79 Å². The van der Waals surface area contributed by atoms with Crippen molar-refractivity contribution in [3.05, 3.63) is 54.1 Å². The fourth-order valence-corrected chi connectivity index (χ4v) is 2.50. The van der Waals surface area contributed by atoms with Crippen molar-refractivity contribution in [2.24, 2.45) is 0 Å². The molecule has 2 N–H and O–H groups in total. The lowest BCUT2D eigenvalue weighted by Gasteiger charge is -2.10. The molecule has 0 heterocycles. The Hall–Kier alpha value is -2.49. The molecule has 2 aromatic rings. The molecule has 0 saturated carbocycles. The predicted octanol–water partition coefficient (Wildman–Crippen LogP) is 5.00. The Morgan fingerprint density at radius 3 is 2.52 bits per heavy atom. The van der Waals surface area contributed by atoms with Crippen molar-refractivity contribution in [2.75, 3.05) is 23.8 Å². The van der Waals surface area contributed by atoms with E-state index < -0.39 is 0 Å². The summed E-state index contributed by atoms with van der Waals surface area (Å²) in [4.78, 5) is 12.0. The lowest BCUT2D eigenvalue weighted by atomic mass is 10.2. The summed E-state index contributed by atoms with van der Waals surface area (Å²) in [7, 11) is 0. The first-order valence-electron chi connectivity index (χ1n) is 9.00. The second-order valence-electron chi connectivity index (χ2n) is 6.20. The van der Waals surface area contributed by atoms with Gasteiger partial charge in [0.25, 0.3) is 0 Å². The van der Waals surface area contributed by atoms with Crippen LogP contribution in [0.4, 0.5) is 11.4 Å². The summed E-state index contributed by atoms with van der Waals surface area (Å²) in [5.74, 6) is 0.766. The van der Waals surface area contributed by atoms with E-state index in [1.54, 1.807) is 0 Å². The number of hydrogen-bond acceptors (Lipinski definition) is 3. The molecule has 0 aromatic heterocycles. The summed E-state index contributed by atoms with van der Waals surface area (Å²) in [6, 6.07) is 15.5. The Labute approximate surface area is 150 Å². The molecule has 0 aliphatic rings. The SMILES string of the molecule is CCCCCCOc1ccc(NC(=O)CNc2cccc(C)c2)cc1. The van der Waals surface area contributed by atoms with Gasteiger partial charge in [-0.05, 0) is 55.3 Å². The number of anilines is 2. The van der Waals surface area contributed by atoms with Gasteiger partial charge < -0.3 is 15.4 Å². The van der Waals surface area contributed by atoms with Crippen LogP contribution in [0.5, 0.6) is 5.75 Å². The first-order chi connectivity index (χ1) is 12.2. The average Bonchev–Trinajstić information content (AvgIpc) is 2.61. The number of nitrogens with one attached hydrogen (secondary N) is 2. The third-order valence-electron chi connectivity index (χ3n) is 3.88. The number of ether oxygens (including phenoxy) is 1. The van der Waals surface area contributed by atoms with Crippen molar-refractivity contribution in [3.8, 4) is 5.75 Å². The lowest BCUT2D eigenvalue weighted by molar-refractivity contribution is -0.114. The van der Waals surface area contributed by atoms with E-state index in [-0.39, 0.29) is 12.5 Å². The molecule has 0 saturated heterocycles. The summed E-state index contributed by atoms with van der Waals surface area (Å²) < 4.78 is 5.70. The summed E-state index contributed by atoms with van der Waals surface area (Å²) in [5.41, 5.74) is 2.88. The van der Waals surface area contributed by atoms with Crippen molar-refractivity contribution in [1.29, 1.82) is 0 Å². The molecule has 0 spiro atoms. The van der Waals surface area contributed by atoms with E-state index in [9.17, 15) is 4.79 Å². The summed E-state index contributed by atoms with van der Waals surface area (Å²) >= 11 is 0. The molecule has 0 fully saturated rings. The van der Waals surface area contributed by atoms with Crippen LogP contribution < -0.4 is 15.4 Å². The van der Waals surface area contributed by atoms with Crippen LogP contribution in [-0.2, 0) is 4.79 Å². The van der Waals surface area contributed by atoms with Crippen LogP contribution in [0.15, 0.2) is 48.5 Å². The van der Waals surface area contributed by atoms with E-state index in [1.165, 1.54) is 19.3 Å². The maximum Gasteiger partial charge on any atom is 0.243 e. The lowest BCUT2D eigenvalue weighted by Crippen LogP contribution is -2.21. The van der Waals surface area contributed by atoms with E-state index in [0.717, 1.165) is 35.7 Å². The molecular formula is C21H28N2O2. The Morgan fingerprint density at radius 2 is 1.80 bits per heavy atom. The largest absolute Gasteiger partial charge is 0.494 e. The first-order valence-corrected chi connectivity index (χ1v) is 9.00. The van der Waals surface area contributed by atoms with Gasteiger partial charge in [0.05, 0.1) is 13.2 Å². The molecule has 0 radical (unpaired) electrons. The van der Waals surface area contributed by atoms with Crippen LogP contribution in [0.2, 0.25) is 0 Å². The van der Waals surface area contributed by atoms with Gasteiger partial charge in [-0.25, -0.2) is 0 Å². The van der Waals surface area contributed by atoms with Gasteiger partial charge in [0.1, 0.15) is 5.75 Å². The Bertz CT molecular complexity index is 653. The molecule has 0 unspecified atom stereocenters. The maximum atomic E-state index is 12.0. The zero-order valence-electron chi connectivity index (χ0n) is 15.2. The smallest absolute Gasteiger partial charge is 0.243 e. The molecule has 1 amide bonds. The molecule has 134 valence electrons. The second-order valence-corrected chi connectivity index (χ2v) is 6.20. The summed E-state index contributed by atoms with van der Waals surface area (Å²) in [5, 5.41) is 6.01. The van der Waals surface area contributed by atoms with Crippen molar-refractivity contribution < 1.29 is 9.53 Å². The molecular weight excluding hydrogens is 312 g/mol. The van der Waals surface area contributed by atoms with Gasteiger partial charge in [-0.15, -0.1) is 0 Å². The summed E-state index contributed by atoms with van der Waals surface area (Å²) in [6.07, 6.45) is 4.77. The Morgan fingerprint density at radius 1 is 1.00 bits per heavy atom. The van der Waals surface area contributed by atoms with Gasteiger partial charge in [0, 0.05) is 11.4 Å². The minimum absolute atomic E-state index is 0.0743. The number of unbranched alkanes of at least 4 members (excludes halogenated alkanes) is 3. The van der Waals surface area contributed by atoms with Crippen LogP contribution in [0.1, 0.15) is 38.2 Å². The standard InChI is InChI=1S/C21H28N2O2/c1-3-4-5-6-14-25-20-12-10-18(11-13-20)23-21(24)16-22-19-9-7-8-17(2)15-19/h7-13,15,22H,3-6,14,16H2,1-2H3,(H,23,24). The van der Waals surface area contributed by atoms with E-state index in [1.807, 2.05) is 55.5 Å². The molecule has 0 aliphatic carbocycles. The Kier molecular flexibility index (Phi) is 7.83. The van der Waals surface area contributed by atoms with Crippen molar-refractivity contribution in [3.63, 3.8) is 0 Å². The minimum Gasteiger partial charge on any atom is -0.494 e. The third-order valence-corrected chi connectivity index (χ3v) is 3.88. The molecule has 25 heavy (non-hydrogen) atoms. The van der Waals surface area contributed by atoms with Crippen LogP contribution in [0.3, 0.4) is 0 Å². The number of carbonyl (C=O) groups is 1. The number of hydrogen-bond donors (Lipinski definition) is 2. The van der Waals surface area contributed by atoms with Gasteiger partial charge in [-0.1, -0.05) is 38.3 Å². The van der Waals surface area contributed by atoms with Crippen LogP contribution in [-0.4, -0.2) is 19.1 Å². The average molecular weight is 340 g/mol. The highest BCUT2D eigenvalue weighted by Gasteiger charge is 2.03. The van der Waals surface area contributed by atoms with Gasteiger partial charge in [-0.2, -0.15) is 0 Å². The fraction of sp³-hybridized carbons (Fsp3) is 0.381. The monoisotopic (exact) mass is 340 g/mol. The fourth-order valence-electron chi connectivity index (χ4n) is 2.50. The number of rotatable bonds is 10. The zero-order valence-corrected chi connectivity index (χ0v) is 15.2. The van der Waals surface area contributed by atoms with Crippen LogP contribution in [0.25, 0.3) is 0 Å². The van der Waals surface area contributed by atoms with Gasteiger partial charge >= 0.3 is 0 Å². The third kappa shape index (κ3) is 7.29. The normalized spacial score (nSPS) is 10.3. The predicted molar refractivity (Wildman–Crippen MR) is 104 cm³/mol. The molecule has 4 heteroatoms. The van der Waals surface area contributed by atoms with Crippen molar-refractivity contribution >= 4 is 17.3 Å². The Balaban J connectivity index is 1.71. The molecule has 2 aromatic carbocycles. The highest BCUT2D eigenvalue weighted by molar-refractivity contribution is 5.93. The van der Waals surface area contributed by atoms with E-state index in [2.05, 4.69) is 17.6 Å². The summed E-state index contributed by atoms with van der Waals surface area (Å²) in [6.45, 7) is 5.20. The molecule has 0 aliphatic heterocycles. The topological polar surface area (TPSA) is 50.4 Å². The number of amides is 1. The molecule has 4 nitrogen and oxygen atoms in total. The molecule has 2 rings (SSSR count). The van der Waals surface area contributed by atoms with E-state index in [4.69, 9.17) is 4.74 Å². The number of benzene rings is 2. The van der Waals surface area contributed by atoms with Crippen molar-refractivity contribution in [2.45, 2.75) is 39.5 Å². The zero-order chi connectivity index (χ0) is 17.9. The number of carbonyl (C=O) groups excluding carboxylic acids is 1. The second kappa shape index (κ2) is 10.4. The number of aryl methyl sites for hydroxylation is 1.